The molecule has 7 nitrogen and oxygen atoms in total. The largest absolute Gasteiger partial charge is 0.476 e. The number of hydrogen-bond acceptors (Lipinski definition) is 5. The van der Waals surface area contributed by atoms with Crippen molar-refractivity contribution >= 4 is 11.9 Å². The molecule has 1 N–H and O–H groups in total. The van der Waals surface area contributed by atoms with Crippen LogP contribution in [-0.4, -0.2) is 52.7 Å². The number of carboxylic acids is 1. The number of likely N-dealkylation sites (tertiary alicyclic amines) is 1. The number of carbonyl (C=O) groups is 2. The third-order valence-electron chi connectivity index (χ3n) is 4.07. The Bertz CT molecular complexity index is 529. The molecular weight excluding hydrogens is 276 g/mol. The molecule has 0 unspecified atom stereocenters. The van der Waals surface area contributed by atoms with Crippen LogP contribution in [0, 0.1) is 0 Å². The summed E-state index contributed by atoms with van der Waals surface area (Å²) in [6.45, 7) is 1.14. The van der Waals surface area contributed by atoms with E-state index in [4.69, 9.17) is 14.3 Å². The first-order valence-corrected chi connectivity index (χ1v) is 7.21. The average molecular weight is 294 g/mol. The second-order valence-corrected chi connectivity index (χ2v) is 5.59. The Labute approximate surface area is 121 Å². The predicted molar refractivity (Wildman–Crippen MR) is 71.0 cm³/mol. The van der Waals surface area contributed by atoms with Gasteiger partial charge in [-0.3, -0.25) is 4.79 Å². The highest BCUT2D eigenvalue weighted by molar-refractivity contribution is 5.84. The molecule has 1 saturated heterocycles. The number of nitrogens with zero attached hydrogens (tertiary/aromatic N) is 2. The summed E-state index contributed by atoms with van der Waals surface area (Å²) in [6, 6.07) is 0. The maximum Gasteiger partial charge on any atom is 0.357 e. The molecule has 21 heavy (non-hydrogen) atoms. The lowest BCUT2D eigenvalue weighted by molar-refractivity contribution is -0.142. The fourth-order valence-electron chi connectivity index (χ4n) is 2.75. The molecule has 0 aromatic carbocycles. The van der Waals surface area contributed by atoms with Crippen LogP contribution in [0.1, 0.15) is 48.0 Å². The Morgan fingerprint density at radius 2 is 2.10 bits per heavy atom. The van der Waals surface area contributed by atoms with E-state index in [9.17, 15) is 9.59 Å². The number of ether oxygens (including phenoxy) is 1. The van der Waals surface area contributed by atoms with E-state index in [1.165, 1.54) is 12.8 Å². The molecule has 2 heterocycles. The SMILES string of the molecule is O=C(O)c1coc(C2CN(C(=O)COC3CCCC3)C2)n1. The summed E-state index contributed by atoms with van der Waals surface area (Å²) in [6.07, 6.45) is 5.82. The fraction of sp³-hybridized carbons (Fsp3) is 0.643. The van der Waals surface area contributed by atoms with Gasteiger partial charge >= 0.3 is 5.97 Å². The van der Waals surface area contributed by atoms with E-state index in [0.717, 1.165) is 19.1 Å². The zero-order chi connectivity index (χ0) is 14.8. The highest BCUT2D eigenvalue weighted by Gasteiger charge is 2.35. The lowest BCUT2D eigenvalue weighted by atomic mass is 10.0. The smallest absolute Gasteiger partial charge is 0.357 e. The second-order valence-electron chi connectivity index (χ2n) is 5.59. The standard InChI is InChI=1S/C14H18N2O5/c17-12(8-20-10-3-1-2-4-10)16-5-9(6-16)13-15-11(7-21-13)14(18)19/h7,9-10H,1-6,8H2,(H,18,19). The van der Waals surface area contributed by atoms with E-state index in [-0.39, 0.29) is 30.2 Å². The molecule has 7 heteroatoms. The molecule has 0 spiro atoms. The lowest BCUT2D eigenvalue weighted by Gasteiger charge is -2.37. The molecule has 1 saturated carbocycles. The summed E-state index contributed by atoms with van der Waals surface area (Å²) >= 11 is 0. The van der Waals surface area contributed by atoms with Gasteiger partial charge in [0.25, 0.3) is 0 Å². The molecular formula is C14H18N2O5. The molecule has 0 radical (unpaired) electrons. The van der Waals surface area contributed by atoms with Crippen LogP contribution in [0.2, 0.25) is 0 Å². The van der Waals surface area contributed by atoms with Crippen LogP contribution in [0.15, 0.2) is 10.7 Å². The zero-order valence-electron chi connectivity index (χ0n) is 11.7. The number of carboxylic acid groups (broad SMARTS) is 1. The summed E-state index contributed by atoms with van der Waals surface area (Å²) in [4.78, 5) is 28.2. The zero-order valence-corrected chi connectivity index (χ0v) is 11.7. The van der Waals surface area contributed by atoms with Gasteiger partial charge in [-0.2, -0.15) is 0 Å². The molecule has 1 aliphatic carbocycles. The van der Waals surface area contributed by atoms with Crippen LogP contribution in [0.3, 0.4) is 0 Å². The van der Waals surface area contributed by atoms with E-state index in [1.54, 1.807) is 4.90 Å². The van der Waals surface area contributed by atoms with Gasteiger partial charge in [0, 0.05) is 13.1 Å². The predicted octanol–water partition coefficient (Wildman–Crippen LogP) is 1.26. The van der Waals surface area contributed by atoms with Crippen LogP contribution in [0.25, 0.3) is 0 Å². The maximum atomic E-state index is 11.9. The minimum absolute atomic E-state index is 0.0199. The first-order chi connectivity index (χ1) is 10.1. The van der Waals surface area contributed by atoms with Crippen molar-refractivity contribution in [1.29, 1.82) is 0 Å². The quantitative estimate of drug-likeness (QED) is 0.878. The normalized spacial score (nSPS) is 19.7. The summed E-state index contributed by atoms with van der Waals surface area (Å²) in [7, 11) is 0. The van der Waals surface area contributed by atoms with Gasteiger partial charge in [-0.05, 0) is 12.8 Å². The lowest BCUT2D eigenvalue weighted by Crippen LogP contribution is -2.50. The van der Waals surface area contributed by atoms with E-state index in [1.807, 2.05) is 0 Å². The Hall–Kier alpha value is -1.89. The Balaban J connectivity index is 1.43. The van der Waals surface area contributed by atoms with Crippen LogP contribution in [0.4, 0.5) is 0 Å². The van der Waals surface area contributed by atoms with Gasteiger partial charge < -0.3 is 19.2 Å². The van der Waals surface area contributed by atoms with E-state index in [2.05, 4.69) is 4.98 Å². The molecule has 1 aliphatic heterocycles. The van der Waals surface area contributed by atoms with Crippen molar-refractivity contribution in [2.45, 2.75) is 37.7 Å². The molecule has 1 aromatic rings. The number of rotatable bonds is 5. The van der Waals surface area contributed by atoms with Gasteiger partial charge in [-0.25, -0.2) is 9.78 Å². The first-order valence-electron chi connectivity index (χ1n) is 7.21. The van der Waals surface area contributed by atoms with Gasteiger partial charge in [0.15, 0.2) is 5.69 Å². The third kappa shape index (κ3) is 3.07. The minimum Gasteiger partial charge on any atom is -0.476 e. The summed E-state index contributed by atoms with van der Waals surface area (Å²) in [5, 5.41) is 8.78. The number of amides is 1. The third-order valence-corrected chi connectivity index (χ3v) is 4.07. The first kappa shape index (κ1) is 14.1. The Morgan fingerprint density at radius 3 is 2.71 bits per heavy atom. The van der Waals surface area contributed by atoms with Gasteiger partial charge in [-0.15, -0.1) is 0 Å². The van der Waals surface area contributed by atoms with Crippen LogP contribution >= 0.6 is 0 Å². The Kier molecular flexibility index (Phi) is 3.92. The molecule has 1 aromatic heterocycles. The van der Waals surface area contributed by atoms with Crippen LogP contribution < -0.4 is 0 Å². The molecule has 2 aliphatic rings. The van der Waals surface area contributed by atoms with Crippen molar-refractivity contribution in [3.8, 4) is 0 Å². The molecule has 2 fully saturated rings. The van der Waals surface area contributed by atoms with Crippen molar-refractivity contribution in [2.75, 3.05) is 19.7 Å². The van der Waals surface area contributed by atoms with E-state index >= 15 is 0 Å². The number of carbonyl (C=O) groups excluding carboxylic acids is 1. The molecule has 114 valence electrons. The van der Waals surface area contributed by atoms with E-state index < -0.39 is 5.97 Å². The second kappa shape index (κ2) is 5.85. The van der Waals surface area contributed by atoms with E-state index in [0.29, 0.717) is 19.0 Å². The number of aromatic carboxylic acids is 1. The Morgan fingerprint density at radius 1 is 1.38 bits per heavy atom. The van der Waals surface area contributed by atoms with Crippen molar-refractivity contribution in [3.63, 3.8) is 0 Å². The van der Waals surface area contributed by atoms with Gasteiger partial charge in [-0.1, -0.05) is 12.8 Å². The average Bonchev–Trinajstić information content (AvgIpc) is 3.06. The minimum atomic E-state index is -1.11. The van der Waals surface area contributed by atoms with Crippen molar-refractivity contribution < 1.29 is 23.8 Å². The van der Waals surface area contributed by atoms with Crippen molar-refractivity contribution in [3.05, 3.63) is 17.8 Å². The topological polar surface area (TPSA) is 92.9 Å². The van der Waals surface area contributed by atoms with Gasteiger partial charge in [0.1, 0.15) is 12.9 Å². The highest BCUT2D eigenvalue weighted by Crippen LogP contribution is 2.27. The van der Waals surface area contributed by atoms with Crippen LogP contribution in [-0.2, 0) is 9.53 Å². The molecule has 0 atom stereocenters. The summed E-state index contributed by atoms with van der Waals surface area (Å²) < 4.78 is 10.7. The summed E-state index contributed by atoms with van der Waals surface area (Å²) in [5.41, 5.74) is -0.0978. The molecule has 1 amide bonds. The van der Waals surface area contributed by atoms with Crippen molar-refractivity contribution in [2.24, 2.45) is 0 Å². The number of oxazole rings is 1. The molecule has 3 rings (SSSR count). The number of aromatic nitrogens is 1. The van der Waals surface area contributed by atoms with Crippen LogP contribution in [0.5, 0.6) is 0 Å². The highest BCUT2D eigenvalue weighted by atomic mass is 16.5. The fourth-order valence-corrected chi connectivity index (χ4v) is 2.75. The molecule has 0 bridgehead atoms. The number of hydrogen-bond donors (Lipinski definition) is 1. The monoisotopic (exact) mass is 294 g/mol. The summed E-state index contributed by atoms with van der Waals surface area (Å²) in [5.74, 6) is -0.771. The maximum absolute atomic E-state index is 11.9. The van der Waals surface area contributed by atoms with Gasteiger partial charge in [0.05, 0.1) is 12.0 Å². The van der Waals surface area contributed by atoms with Gasteiger partial charge in [0.2, 0.25) is 11.8 Å². The van der Waals surface area contributed by atoms with Crippen molar-refractivity contribution in [1.82, 2.24) is 9.88 Å².